The zero-order chi connectivity index (χ0) is 36.0. The minimum absolute atomic E-state index is 0.269. The zero-order valence-corrected chi connectivity index (χ0v) is 29.8. The minimum Gasteiger partial charge on any atom is -0.290 e. The summed E-state index contributed by atoms with van der Waals surface area (Å²) < 4.78 is 31.4. The number of rotatable bonds is 4. The quantitative estimate of drug-likeness (QED) is 0.171. The smallest absolute Gasteiger partial charge is 0.210 e. The van der Waals surface area contributed by atoms with Crippen LogP contribution in [-0.2, 0) is 9.84 Å². The minimum atomic E-state index is -3.90. The predicted octanol–water partition coefficient (Wildman–Crippen LogP) is 12.3. The molecule has 1 aliphatic rings. The molecule has 0 saturated heterocycles. The topological polar surface area (TPSA) is 52.0 Å². The van der Waals surface area contributed by atoms with Crippen LogP contribution in [0.4, 0.5) is 0 Å². The molecular formula is C49H30N2O2S. The molecule has 10 aromatic rings. The van der Waals surface area contributed by atoms with Crippen molar-refractivity contribution in [2.24, 2.45) is 0 Å². The maximum atomic E-state index is 14.7. The summed E-state index contributed by atoms with van der Waals surface area (Å²) in [6.45, 7) is 0. The largest absolute Gasteiger partial charge is 0.290 e. The molecule has 0 radical (unpaired) electrons. The van der Waals surface area contributed by atoms with Gasteiger partial charge >= 0.3 is 0 Å². The number of imidazole rings is 1. The lowest BCUT2D eigenvalue weighted by Gasteiger charge is -2.23. The molecule has 1 aliphatic heterocycles. The molecule has 4 nitrogen and oxygen atoms in total. The maximum Gasteiger partial charge on any atom is 0.210 e. The van der Waals surface area contributed by atoms with Crippen molar-refractivity contribution in [1.82, 2.24) is 9.55 Å². The molecule has 0 bridgehead atoms. The number of hydrogen-bond acceptors (Lipinski definition) is 3. The van der Waals surface area contributed by atoms with Gasteiger partial charge in [0.1, 0.15) is 5.82 Å². The highest BCUT2D eigenvalue weighted by atomic mass is 32.2. The fourth-order valence-electron chi connectivity index (χ4n) is 8.47. The third-order valence-electron chi connectivity index (χ3n) is 10.9. The molecule has 0 aliphatic carbocycles. The monoisotopic (exact) mass is 710 g/mol. The fourth-order valence-corrected chi connectivity index (χ4v) is 10.1. The molecule has 0 amide bonds. The van der Waals surface area contributed by atoms with Gasteiger partial charge in [-0.15, -0.1) is 0 Å². The number of aromatic nitrogens is 2. The standard InChI is InChI=1S/C49H30N2O2S/c52-54(53)44-21-11-20-42-48(44)51(49(50-42)33-15-5-2-6-16-33)43-27-25-37(30-45(43)54)47-39-19-10-9-18-38(39)46(36-23-22-32-14-7-8-17-34(32)28-36)40-26-24-35(29-41(40)47)31-12-3-1-4-13-31/h1-30H. The van der Waals surface area contributed by atoms with Crippen LogP contribution >= 0.6 is 0 Å². The van der Waals surface area contributed by atoms with Gasteiger partial charge in [0.2, 0.25) is 9.84 Å². The fraction of sp³-hybridized carbons (Fsp3) is 0. The second-order valence-corrected chi connectivity index (χ2v) is 15.8. The molecule has 54 heavy (non-hydrogen) atoms. The van der Waals surface area contributed by atoms with Gasteiger partial charge in [-0.1, -0.05) is 146 Å². The Morgan fingerprint density at radius 2 is 1.02 bits per heavy atom. The summed E-state index contributed by atoms with van der Waals surface area (Å²) >= 11 is 0. The van der Waals surface area contributed by atoms with Gasteiger partial charge in [-0.25, -0.2) is 13.4 Å². The van der Waals surface area contributed by atoms with Crippen molar-refractivity contribution in [3.63, 3.8) is 0 Å². The first-order valence-corrected chi connectivity index (χ1v) is 19.5. The van der Waals surface area contributed by atoms with Crippen LogP contribution < -0.4 is 0 Å². The Morgan fingerprint density at radius 1 is 0.407 bits per heavy atom. The summed E-state index contributed by atoms with van der Waals surface area (Å²) in [6, 6.07) is 62.0. The first kappa shape index (κ1) is 30.8. The van der Waals surface area contributed by atoms with E-state index < -0.39 is 9.84 Å². The molecule has 0 atom stereocenters. The highest BCUT2D eigenvalue weighted by Crippen LogP contribution is 2.48. The molecule has 2 heterocycles. The Labute approximate surface area is 312 Å². The molecule has 0 fully saturated rings. The average Bonchev–Trinajstić information content (AvgIpc) is 3.62. The van der Waals surface area contributed by atoms with Gasteiger partial charge in [0.15, 0.2) is 0 Å². The summed E-state index contributed by atoms with van der Waals surface area (Å²) in [7, 11) is -3.90. The second-order valence-electron chi connectivity index (χ2n) is 13.9. The number of para-hydroxylation sites is 1. The average molecular weight is 711 g/mol. The van der Waals surface area contributed by atoms with Crippen molar-refractivity contribution >= 4 is 53.2 Å². The SMILES string of the molecule is O=S1(=O)c2cc(-c3c4ccccc4c(-c4ccc5ccccc5c4)c4ccc(-c5ccccc5)cc34)ccc2-n2c(-c3ccccc3)nc3cccc1c32. The Bertz CT molecular complexity index is 3280. The van der Waals surface area contributed by atoms with Gasteiger partial charge in [-0.2, -0.15) is 0 Å². The van der Waals surface area contributed by atoms with E-state index in [4.69, 9.17) is 4.98 Å². The lowest BCUT2D eigenvalue weighted by atomic mass is 9.84. The third kappa shape index (κ3) is 4.49. The first-order valence-electron chi connectivity index (χ1n) is 18.0. The summed E-state index contributed by atoms with van der Waals surface area (Å²) in [4.78, 5) is 5.52. The Balaban J connectivity index is 1.23. The number of benzene rings is 9. The number of sulfone groups is 1. The molecule has 5 heteroatoms. The molecule has 0 saturated carbocycles. The number of hydrogen-bond donors (Lipinski definition) is 0. The molecule has 0 N–H and O–H groups in total. The van der Waals surface area contributed by atoms with Crippen molar-refractivity contribution in [2.75, 3.05) is 0 Å². The van der Waals surface area contributed by atoms with Crippen LogP contribution in [0.25, 0.3) is 93.8 Å². The van der Waals surface area contributed by atoms with Gasteiger partial charge in [0.05, 0.1) is 26.5 Å². The van der Waals surface area contributed by atoms with Gasteiger partial charge < -0.3 is 0 Å². The van der Waals surface area contributed by atoms with Gasteiger partial charge in [0, 0.05) is 5.56 Å². The van der Waals surface area contributed by atoms with E-state index in [0.717, 1.165) is 60.5 Å². The van der Waals surface area contributed by atoms with Crippen LogP contribution in [0.1, 0.15) is 0 Å². The summed E-state index contributed by atoms with van der Waals surface area (Å²) in [5.41, 5.74) is 9.13. The molecule has 9 aromatic carbocycles. The lowest BCUT2D eigenvalue weighted by Crippen LogP contribution is -2.15. The second kappa shape index (κ2) is 11.6. The Kier molecular flexibility index (Phi) is 6.61. The maximum absolute atomic E-state index is 14.7. The van der Waals surface area contributed by atoms with Gasteiger partial charge in [0.25, 0.3) is 0 Å². The van der Waals surface area contributed by atoms with E-state index in [1.54, 1.807) is 12.1 Å². The summed E-state index contributed by atoms with van der Waals surface area (Å²) in [5.74, 6) is 0.713. The number of fused-ring (bicyclic) bond motifs is 5. The molecule has 254 valence electrons. The van der Waals surface area contributed by atoms with Crippen LogP contribution in [0.2, 0.25) is 0 Å². The van der Waals surface area contributed by atoms with E-state index in [-0.39, 0.29) is 9.79 Å². The van der Waals surface area contributed by atoms with Crippen LogP contribution in [0.15, 0.2) is 192 Å². The zero-order valence-electron chi connectivity index (χ0n) is 28.9. The van der Waals surface area contributed by atoms with Crippen molar-refractivity contribution < 1.29 is 8.42 Å². The van der Waals surface area contributed by atoms with E-state index in [2.05, 4.69) is 115 Å². The van der Waals surface area contributed by atoms with Crippen LogP contribution in [0.5, 0.6) is 0 Å². The van der Waals surface area contributed by atoms with Crippen LogP contribution in [-0.4, -0.2) is 18.0 Å². The van der Waals surface area contributed by atoms with E-state index in [9.17, 15) is 8.42 Å². The van der Waals surface area contributed by atoms with Gasteiger partial charge in [-0.05, 0) is 102 Å². The normalized spacial score (nSPS) is 13.1. The van der Waals surface area contributed by atoms with Crippen molar-refractivity contribution in [3.05, 3.63) is 182 Å². The summed E-state index contributed by atoms with van der Waals surface area (Å²) in [6.07, 6.45) is 0. The van der Waals surface area contributed by atoms with Crippen molar-refractivity contribution in [1.29, 1.82) is 0 Å². The third-order valence-corrected chi connectivity index (χ3v) is 12.7. The highest BCUT2D eigenvalue weighted by Gasteiger charge is 2.34. The van der Waals surface area contributed by atoms with E-state index in [0.29, 0.717) is 22.5 Å². The predicted molar refractivity (Wildman–Crippen MR) is 221 cm³/mol. The highest BCUT2D eigenvalue weighted by molar-refractivity contribution is 7.92. The van der Waals surface area contributed by atoms with Crippen LogP contribution in [0.3, 0.4) is 0 Å². The van der Waals surface area contributed by atoms with Crippen molar-refractivity contribution in [2.45, 2.75) is 9.79 Å². The van der Waals surface area contributed by atoms with E-state index in [1.165, 1.54) is 10.8 Å². The van der Waals surface area contributed by atoms with Gasteiger partial charge in [-0.3, -0.25) is 4.57 Å². The molecule has 1 aromatic heterocycles. The van der Waals surface area contributed by atoms with Crippen molar-refractivity contribution in [3.8, 4) is 50.5 Å². The lowest BCUT2D eigenvalue weighted by molar-refractivity contribution is 0.594. The Morgan fingerprint density at radius 3 is 1.80 bits per heavy atom. The molecule has 0 unspecified atom stereocenters. The molecular weight excluding hydrogens is 681 g/mol. The molecule has 11 rings (SSSR count). The van der Waals surface area contributed by atoms with Crippen LogP contribution in [0, 0.1) is 0 Å². The van der Waals surface area contributed by atoms with E-state index in [1.807, 2.05) is 59.2 Å². The Hall–Kier alpha value is -6.82. The molecule has 0 spiro atoms. The van der Waals surface area contributed by atoms with E-state index >= 15 is 0 Å². The number of nitrogens with zero attached hydrogens (tertiary/aromatic N) is 2. The first-order chi connectivity index (χ1) is 26.5. The summed E-state index contributed by atoms with van der Waals surface area (Å²) in [5, 5.41) is 6.70.